The largest absolute Gasteiger partial charge is 0.354 e. The fraction of sp³-hybridized carbons (Fsp3) is 0.625. The van der Waals surface area contributed by atoms with Crippen molar-refractivity contribution in [3.8, 4) is 0 Å². The van der Waals surface area contributed by atoms with E-state index in [1.807, 2.05) is 0 Å². The van der Waals surface area contributed by atoms with Gasteiger partial charge in [0.25, 0.3) is 0 Å². The molecule has 1 heterocycles. The van der Waals surface area contributed by atoms with Gasteiger partial charge >= 0.3 is 0 Å². The molecule has 1 aliphatic heterocycles. The Kier molecular flexibility index (Phi) is 5.16. The summed E-state index contributed by atoms with van der Waals surface area (Å²) in [6.07, 6.45) is 1.93. The second kappa shape index (κ2) is 6.68. The molecule has 20 heavy (non-hydrogen) atoms. The van der Waals surface area contributed by atoms with Crippen molar-refractivity contribution < 1.29 is 9.47 Å². The third kappa shape index (κ3) is 2.88. The highest BCUT2D eigenvalue weighted by atomic mass is 16.7. The van der Waals surface area contributed by atoms with Gasteiger partial charge in [0.2, 0.25) is 0 Å². The third-order valence-electron chi connectivity index (χ3n) is 4.43. The molecule has 0 radical (unpaired) electrons. The molecule has 0 amide bonds. The van der Waals surface area contributed by atoms with Crippen LogP contribution >= 0.6 is 0 Å². The first-order chi connectivity index (χ1) is 9.65. The predicted molar refractivity (Wildman–Crippen MR) is 80.4 cm³/mol. The van der Waals surface area contributed by atoms with Crippen LogP contribution in [0.5, 0.6) is 0 Å². The van der Waals surface area contributed by atoms with E-state index in [0.717, 1.165) is 25.9 Å². The Morgan fingerprint density at radius 2 is 1.90 bits per heavy atom. The summed E-state index contributed by atoms with van der Waals surface area (Å²) in [6, 6.07) is 8.65. The molecule has 2 rings (SSSR count). The minimum absolute atomic E-state index is 0.319. The van der Waals surface area contributed by atoms with Crippen molar-refractivity contribution in [1.29, 1.82) is 0 Å². The monoisotopic (exact) mass is 278 g/mol. The van der Waals surface area contributed by atoms with Crippen LogP contribution in [0.2, 0.25) is 0 Å². The summed E-state index contributed by atoms with van der Waals surface area (Å²) in [5.41, 5.74) is 8.57. The summed E-state index contributed by atoms with van der Waals surface area (Å²) in [6.45, 7) is 4.53. The number of hydrogen-bond donors (Lipinski definition) is 1. The highest BCUT2D eigenvalue weighted by Gasteiger charge is 2.40. The fourth-order valence-corrected chi connectivity index (χ4v) is 3.12. The van der Waals surface area contributed by atoms with Crippen LogP contribution in [-0.4, -0.2) is 44.0 Å². The normalized spacial score (nSPS) is 19.4. The maximum atomic E-state index is 6.06. The molecule has 0 aliphatic carbocycles. The SMILES string of the molecule is COC(OC)C(C)(CN)N1CCCc2ccccc2C1. The fourth-order valence-electron chi connectivity index (χ4n) is 3.12. The summed E-state index contributed by atoms with van der Waals surface area (Å²) < 4.78 is 11.0. The van der Waals surface area contributed by atoms with E-state index in [1.54, 1.807) is 14.2 Å². The Labute approximate surface area is 121 Å². The highest BCUT2D eigenvalue weighted by molar-refractivity contribution is 5.28. The van der Waals surface area contributed by atoms with Gasteiger partial charge in [-0.05, 0) is 37.4 Å². The summed E-state index contributed by atoms with van der Waals surface area (Å²) in [7, 11) is 3.35. The van der Waals surface area contributed by atoms with E-state index in [9.17, 15) is 0 Å². The van der Waals surface area contributed by atoms with Crippen LogP contribution < -0.4 is 5.73 Å². The van der Waals surface area contributed by atoms with Crippen LogP contribution in [0.4, 0.5) is 0 Å². The number of aryl methyl sites for hydroxylation is 1. The number of nitrogens with two attached hydrogens (primary N) is 1. The molecule has 4 heteroatoms. The first-order valence-electron chi connectivity index (χ1n) is 7.23. The number of fused-ring (bicyclic) bond motifs is 1. The molecule has 1 aromatic rings. The summed E-state index contributed by atoms with van der Waals surface area (Å²) in [5, 5.41) is 0. The quantitative estimate of drug-likeness (QED) is 0.834. The second-order valence-corrected chi connectivity index (χ2v) is 5.66. The molecular weight excluding hydrogens is 252 g/mol. The van der Waals surface area contributed by atoms with Gasteiger partial charge < -0.3 is 15.2 Å². The van der Waals surface area contributed by atoms with E-state index in [4.69, 9.17) is 15.2 Å². The molecule has 0 bridgehead atoms. The van der Waals surface area contributed by atoms with Crippen LogP contribution in [-0.2, 0) is 22.4 Å². The number of benzene rings is 1. The van der Waals surface area contributed by atoms with Crippen molar-refractivity contribution >= 4 is 0 Å². The van der Waals surface area contributed by atoms with Gasteiger partial charge in [-0.15, -0.1) is 0 Å². The number of nitrogens with zero attached hydrogens (tertiary/aromatic N) is 1. The predicted octanol–water partition coefficient (Wildman–Crippen LogP) is 1.77. The Morgan fingerprint density at radius 1 is 1.25 bits per heavy atom. The molecule has 0 saturated carbocycles. The Balaban J connectivity index is 2.27. The lowest BCUT2D eigenvalue weighted by Crippen LogP contribution is -2.60. The van der Waals surface area contributed by atoms with Crippen LogP contribution in [0.15, 0.2) is 24.3 Å². The standard InChI is InChI=1S/C16H26N2O2/c1-16(12-17,15(19-2)20-3)18-10-6-9-13-7-4-5-8-14(13)11-18/h4-5,7-8,15H,6,9-12,17H2,1-3H3. The van der Waals surface area contributed by atoms with Gasteiger partial charge in [-0.3, -0.25) is 4.90 Å². The van der Waals surface area contributed by atoms with E-state index >= 15 is 0 Å². The van der Waals surface area contributed by atoms with Gasteiger partial charge in [-0.1, -0.05) is 24.3 Å². The number of ether oxygens (including phenoxy) is 2. The lowest BCUT2D eigenvalue weighted by atomic mass is 9.97. The lowest BCUT2D eigenvalue weighted by Gasteiger charge is -2.44. The van der Waals surface area contributed by atoms with E-state index in [0.29, 0.717) is 6.54 Å². The molecule has 112 valence electrons. The van der Waals surface area contributed by atoms with Gasteiger partial charge in [-0.2, -0.15) is 0 Å². The van der Waals surface area contributed by atoms with Crippen molar-refractivity contribution in [3.05, 3.63) is 35.4 Å². The zero-order valence-corrected chi connectivity index (χ0v) is 12.8. The summed E-state index contributed by atoms with van der Waals surface area (Å²) in [5.74, 6) is 0. The highest BCUT2D eigenvalue weighted by Crippen LogP contribution is 2.28. The molecule has 0 fully saturated rings. The minimum Gasteiger partial charge on any atom is -0.354 e. The molecule has 1 aromatic carbocycles. The van der Waals surface area contributed by atoms with E-state index in [-0.39, 0.29) is 11.8 Å². The van der Waals surface area contributed by atoms with Crippen LogP contribution in [0, 0.1) is 0 Å². The molecule has 0 saturated heterocycles. The third-order valence-corrected chi connectivity index (χ3v) is 4.43. The average Bonchev–Trinajstić information content (AvgIpc) is 2.70. The topological polar surface area (TPSA) is 47.7 Å². The maximum Gasteiger partial charge on any atom is 0.176 e. The van der Waals surface area contributed by atoms with Gasteiger partial charge in [0.1, 0.15) is 0 Å². The molecule has 4 nitrogen and oxygen atoms in total. The number of methoxy groups -OCH3 is 2. The maximum absolute atomic E-state index is 6.06. The minimum atomic E-state index is -0.322. The Morgan fingerprint density at radius 3 is 2.50 bits per heavy atom. The van der Waals surface area contributed by atoms with Crippen LogP contribution in [0.25, 0.3) is 0 Å². The zero-order valence-electron chi connectivity index (χ0n) is 12.8. The molecule has 1 atom stereocenters. The smallest absolute Gasteiger partial charge is 0.176 e. The van der Waals surface area contributed by atoms with E-state index < -0.39 is 0 Å². The van der Waals surface area contributed by atoms with E-state index in [2.05, 4.69) is 36.1 Å². The molecule has 0 spiro atoms. The van der Waals surface area contributed by atoms with Crippen molar-refractivity contribution in [2.24, 2.45) is 5.73 Å². The Hall–Kier alpha value is -0.940. The van der Waals surface area contributed by atoms with Gasteiger partial charge in [-0.25, -0.2) is 0 Å². The molecule has 0 aromatic heterocycles. The number of rotatable bonds is 5. The van der Waals surface area contributed by atoms with Crippen molar-refractivity contribution in [1.82, 2.24) is 4.90 Å². The molecule has 1 unspecified atom stereocenters. The molecule has 1 aliphatic rings. The Bertz CT molecular complexity index is 434. The van der Waals surface area contributed by atoms with Crippen LogP contribution in [0.3, 0.4) is 0 Å². The van der Waals surface area contributed by atoms with Crippen LogP contribution in [0.1, 0.15) is 24.5 Å². The summed E-state index contributed by atoms with van der Waals surface area (Å²) >= 11 is 0. The second-order valence-electron chi connectivity index (χ2n) is 5.66. The first-order valence-corrected chi connectivity index (χ1v) is 7.23. The zero-order chi connectivity index (χ0) is 14.6. The molecule has 2 N–H and O–H groups in total. The molecular formula is C16H26N2O2. The van der Waals surface area contributed by atoms with Gasteiger partial charge in [0.05, 0.1) is 5.54 Å². The first kappa shape index (κ1) is 15.4. The van der Waals surface area contributed by atoms with Crippen molar-refractivity contribution in [2.45, 2.75) is 38.1 Å². The van der Waals surface area contributed by atoms with E-state index in [1.165, 1.54) is 11.1 Å². The van der Waals surface area contributed by atoms with Crippen molar-refractivity contribution in [2.75, 3.05) is 27.3 Å². The lowest BCUT2D eigenvalue weighted by molar-refractivity contribution is -0.183. The van der Waals surface area contributed by atoms with Gasteiger partial charge in [0.15, 0.2) is 6.29 Å². The van der Waals surface area contributed by atoms with Crippen molar-refractivity contribution in [3.63, 3.8) is 0 Å². The number of hydrogen-bond acceptors (Lipinski definition) is 4. The van der Waals surface area contributed by atoms with Gasteiger partial charge in [0, 0.05) is 27.3 Å². The summed E-state index contributed by atoms with van der Waals surface area (Å²) in [4.78, 5) is 2.40. The average molecular weight is 278 g/mol.